The highest BCUT2D eigenvalue weighted by atomic mass is 16.5. The normalized spacial score (nSPS) is 11.8. The maximum atomic E-state index is 12.2. The zero-order valence-corrected chi connectivity index (χ0v) is 13.7. The summed E-state index contributed by atoms with van der Waals surface area (Å²) in [6.45, 7) is 4.19. The number of carbonyl (C=O) groups excluding carboxylic acids is 2. The summed E-state index contributed by atoms with van der Waals surface area (Å²) in [5.41, 5.74) is 0.958. The van der Waals surface area contributed by atoms with Gasteiger partial charge in [0.15, 0.2) is 0 Å². The fourth-order valence-corrected chi connectivity index (χ4v) is 2.37. The molecular weight excluding hydrogens is 292 g/mol. The molecule has 23 heavy (non-hydrogen) atoms. The second-order valence-corrected chi connectivity index (χ2v) is 5.47. The lowest BCUT2D eigenvalue weighted by Crippen LogP contribution is -2.35. The van der Waals surface area contributed by atoms with Crippen molar-refractivity contribution in [3.05, 3.63) is 42.0 Å². The molecule has 2 rings (SSSR count). The summed E-state index contributed by atoms with van der Waals surface area (Å²) >= 11 is 0. The van der Waals surface area contributed by atoms with E-state index >= 15 is 0 Å². The Kier molecular flexibility index (Phi) is 5.57. The van der Waals surface area contributed by atoms with E-state index < -0.39 is 0 Å². The van der Waals surface area contributed by atoms with Crippen LogP contribution >= 0.6 is 0 Å². The van der Waals surface area contributed by atoms with Gasteiger partial charge in [0, 0.05) is 20.0 Å². The molecule has 5 heteroatoms. The van der Waals surface area contributed by atoms with Crippen molar-refractivity contribution in [2.75, 3.05) is 20.2 Å². The second-order valence-electron chi connectivity index (χ2n) is 5.47. The largest absolute Gasteiger partial charge is 0.497 e. The summed E-state index contributed by atoms with van der Waals surface area (Å²) in [7, 11) is 1.64. The van der Waals surface area contributed by atoms with Gasteiger partial charge >= 0.3 is 0 Å². The molecule has 0 aliphatic carbocycles. The fraction of sp³-hybridized carbons (Fsp3) is 0.333. The number of hydrogen-bond acceptors (Lipinski definition) is 3. The van der Waals surface area contributed by atoms with E-state index in [1.165, 1.54) is 6.92 Å². The van der Waals surface area contributed by atoms with E-state index in [4.69, 9.17) is 4.74 Å². The Labute approximate surface area is 136 Å². The summed E-state index contributed by atoms with van der Waals surface area (Å²) < 4.78 is 5.22. The van der Waals surface area contributed by atoms with Gasteiger partial charge in [0.25, 0.3) is 0 Å². The van der Waals surface area contributed by atoms with Crippen molar-refractivity contribution in [2.24, 2.45) is 0 Å². The van der Waals surface area contributed by atoms with Gasteiger partial charge in [0.2, 0.25) is 11.8 Å². The Bertz CT molecular complexity index is 712. The summed E-state index contributed by atoms with van der Waals surface area (Å²) in [6, 6.07) is 11.8. The lowest BCUT2D eigenvalue weighted by Gasteiger charge is -2.14. The summed E-state index contributed by atoms with van der Waals surface area (Å²) in [4.78, 5) is 23.0. The number of ether oxygens (including phenoxy) is 1. The second kappa shape index (κ2) is 7.63. The SMILES string of the molecule is COc1ccc2cc([C@H](C)C(=O)NCCNC(C)=O)ccc2c1. The Balaban J connectivity index is 2.03. The van der Waals surface area contributed by atoms with E-state index in [9.17, 15) is 9.59 Å². The maximum absolute atomic E-state index is 12.2. The van der Waals surface area contributed by atoms with Crippen LogP contribution in [0.15, 0.2) is 36.4 Å². The molecule has 0 radical (unpaired) electrons. The minimum absolute atomic E-state index is 0.0526. The van der Waals surface area contributed by atoms with E-state index in [2.05, 4.69) is 10.6 Å². The number of amides is 2. The molecule has 0 saturated carbocycles. The van der Waals surface area contributed by atoms with Crippen LogP contribution in [-0.4, -0.2) is 32.0 Å². The van der Waals surface area contributed by atoms with E-state index in [1.807, 2.05) is 43.3 Å². The highest BCUT2D eigenvalue weighted by Gasteiger charge is 2.15. The molecule has 2 aromatic rings. The fourth-order valence-electron chi connectivity index (χ4n) is 2.37. The van der Waals surface area contributed by atoms with Gasteiger partial charge in [-0.25, -0.2) is 0 Å². The molecule has 0 unspecified atom stereocenters. The zero-order valence-electron chi connectivity index (χ0n) is 13.7. The highest BCUT2D eigenvalue weighted by molar-refractivity contribution is 5.88. The number of benzene rings is 2. The van der Waals surface area contributed by atoms with Crippen LogP contribution in [0.5, 0.6) is 5.75 Å². The first-order valence-electron chi connectivity index (χ1n) is 7.61. The number of carbonyl (C=O) groups is 2. The van der Waals surface area contributed by atoms with E-state index in [0.29, 0.717) is 13.1 Å². The molecule has 2 amide bonds. The van der Waals surface area contributed by atoms with Crippen LogP contribution in [0.25, 0.3) is 10.8 Å². The number of rotatable bonds is 6. The van der Waals surface area contributed by atoms with E-state index in [1.54, 1.807) is 7.11 Å². The van der Waals surface area contributed by atoms with Crippen LogP contribution in [0.4, 0.5) is 0 Å². The Hall–Kier alpha value is -2.56. The molecule has 0 heterocycles. The first-order valence-corrected chi connectivity index (χ1v) is 7.61. The van der Waals surface area contributed by atoms with Crippen LogP contribution in [0.2, 0.25) is 0 Å². The molecule has 5 nitrogen and oxygen atoms in total. The van der Waals surface area contributed by atoms with Gasteiger partial charge in [-0.05, 0) is 35.4 Å². The smallest absolute Gasteiger partial charge is 0.227 e. The quantitative estimate of drug-likeness (QED) is 0.803. The van der Waals surface area contributed by atoms with Gasteiger partial charge in [-0.2, -0.15) is 0 Å². The van der Waals surface area contributed by atoms with E-state index in [-0.39, 0.29) is 17.7 Å². The third-order valence-electron chi connectivity index (χ3n) is 3.76. The molecule has 0 spiro atoms. The van der Waals surface area contributed by atoms with Crippen molar-refractivity contribution in [1.29, 1.82) is 0 Å². The summed E-state index contributed by atoms with van der Waals surface area (Å²) in [5.74, 6) is 0.410. The van der Waals surface area contributed by atoms with Crippen molar-refractivity contribution in [2.45, 2.75) is 19.8 Å². The average Bonchev–Trinajstić information content (AvgIpc) is 2.56. The number of fused-ring (bicyclic) bond motifs is 1. The van der Waals surface area contributed by atoms with Gasteiger partial charge in [0.05, 0.1) is 13.0 Å². The van der Waals surface area contributed by atoms with Crippen LogP contribution in [0, 0.1) is 0 Å². The topological polar surface area (TPSA) is 67.4 Å². The molecule has 122 valence electrons. The van der Waals surface area contributed by atoms with Gasteiger partial charge in [-0.15, -0.1) is 0 Å². The van der Waals surface area contributed by atoms with Crippen molar-refractivity contribution >= 4 is 22.6 Å². The predicted octanol–water partition coefficient (Wildman–Crippen LogP) is 2.20. The minimum Gasteiger partial charge on any atom is -0.497 e. The minimum atomic E-state index is -0.251. The Morgan fingerprint density at radius 1 is 1.04 bits per heavy atom. The standard InChI is InChI=1S/C18H22N2O3/c1-12(18(22)20-9-8-19-13(2)21)14-4-5-16-11-17(23-3)7-6-15(16)10-14/h4-7,10-12H,8-9H2,1-3H3,(H,19,21)(H,20,22)/t12-/m0/s1. The van der Waals surface area contributed by atoms with Crippen LogP contribution in [0.3, 0.4) is 0 Å². The Morgan fingerprint density at radius 3 is 2.39 bits per heavy atom. The van der Waals surface area contributed by atoms with Crippen molar-refractivity contribution < 1.29 is 14.3 Å². The third kappa shape index (κ3) is 4.45. The number of nitrogens with one attached hydrogen (secondary N) is 2. The molecule has 1 atom stereocenters. The molecule has 0 saturated heterocycles. The van der Waals surface area contributed by atoms with Gasteiger partial charge < -0.3 is 15.4 Å². The first-order chi connectivity index (χ1) is 11.0. The average molecular weight is 314 g/mol. The molecule has 2 N–H and O–H groups in total. The van der Waals surface area contributed by atoms with Crippen LogP contribution in [0.1, 0.15) is 25.3 Å². The molecular formula is C18H22N2O3. The summed E-state index contributed by atoms with van der Waals surface area (Å²) in [6.07, 6.45) is 0. The molecule has 0 aliphatic heterocycles. The maximum Gasteiger partial charge on any atom is 0.227 e. The van der Waals surface area contributed by atoms with Crippen LogP contribution in [-0.2, 0) is 9.59 Å². The predicted molar refractivity (Wildman–Crippen MR) is 90.6 cm³/mol. The zero-order chi connectivity index (χ0) is 16.8. The van der Waals surface area contributed by atoms with Crippen molar-refractivity contribution in [3.8, 4) is 5.75 Å². The lowest BCUT2D eigenvalue weighted by molar-refractivity contribution is -0.123. The first kappa shape index (κ1) is 16.8. The monoisotopic (exact) mass is 314 g/mol. The number of hydrogen-bond donors (Lipinski definition) is 2. The summed E-state index contributed by atoms with van der Waals surface area (Å²) in [5, 5.41) is 7.62. The molecule has 0 bridgehead atoms. The third-order valence-corrected chi connectivity index (χ3v) is 3.76. The number of methoxy groups -OCH3 is 1. The van der Waals surface area contributed by atoms with Crippen molar-refractivity contribution in [1.82, 2.24) is 10.6 Å². The molecule has 0 aliphatic rings. The lowest BCUT2D eigenvalue weighted by atomic mass is 9.97. The molecule has 2 aromatic carbocycles. The van der Waals surface area contributed by atoms with Gasteiger partial charge in [-0.3, -0.25) is 9.59 Å². The Morgan fingerprint density at radius 2 is 1.70 bits per heavy atom. The molecule has 0 aromatic heterocycles. The highest BCUT2D eigenvalue weighted by Crippen LogP contribution is 2.25. The molecule has 0 fully saturated rings. The van der Waals surface area contributed by atoms with Gasteiger partial charge in [-0.1, -0.05) is 24.3 Å². The van der Waals surface area contributed by atoms with Crippen molar-refractivity contribution in [3.63, 3.8) is 0 Å². The van der Waals surface area contributed by atoms with Gasteiger partial charge in [0.1, 0.15) is 5.75 Å². The van der Waals surface area contributed by atoms with E-state index in [0.717, 1.165) is 22.1 Å². The van der Waals surface area contributed by atoms with Crippen LogP contribution < -0.4 is 15.4 Å².